The van der Waals surface area contributed by atoms with Gasteiger partial charge in [-0.05, 0) is 19.1 Å². The molecule has 0 bridgehead atoms. The fraction of sp³-hybridized carbons (Fsp3) is 0.286. The van der Waals surface area contributed by atoms with Crippen LogP contribution in [0.2, 0.25) is 0 Å². The molecule has 0 saturated heterocycles. The highest BCUT2D eigenvalue weighted by Gasteiger charge is 2.18. The van der Waals surface area contributed by atoms with Crippen LogP contribution in [0.4, 0.5) is 5.95 Å². The lowest BCUT2D eigenvalue weighted by molar-refractivity contribution is 0.0994. The van der Waals surface area contributed by atoms with E-state index in [0.717, 1.165) is 5.56 Å². The van der Waals surface area contributed by atoms with Gasteiger partial charge in [0, 0.05) is 35.9 Å². The normalized spacial score (nSPS) is 10.4. The fourth-order valence-corrected chi connectivity index (χ4v) is 2.88. The monoisotopic (exact) mass is 413 g/mol. The Morgan fingerprint density at radius 1 is 0.967 bits per heavy atom. The molecule has 0 aliphatic carbocycles. The smallest absolute Gasteiger partial charge is 0.293 e. The average Bonchev–Trinajstić information content (AvgIpc) is 3.22. The number of nitrogens with zero attached hydrogens (tertiary/aromatic N) is 2. The molecule has 0 spiro atoms. The Kier molecular flexibility index (Phi) is 6.41. The minimum atomic E-state index is -0.470. The van der Waals surface area contributed by atoms with E-state index >= 15 is 0 Å². The lowest BCUT2D eigenvalue weighted by atomic mass is 10.1. The van der Waals surface area contributed by atoms with E-state index in [1.54, 1.807) is 58.6 Å². The van der Waals surface area contributed by atoms with Gasteiger partial charge in [0.1, 0.15) is 23.0 Å². The number of nitrogens with one attached hydrogen (secondary N) is 1. The molecule has 0 saturated carbocycles. The average molecular weight is 413 g/mol. The van der Waals surface area contributed by atoms with Crippen molar-refractivity contribution in [2.24, 2.45) is 0 Å². The zero-order chi connectivity index (χ0) is 21.7. The Morgan fingerprint density at radius 2 is 1.67 bits per heavy atom. The zero-order valence-electron chi connectivity index (χ0n) is 17.4. The number of aromatic nitrogens is 2. The molecule has 0 radical (unpaired) electrons. The topological polar surface area (TPSA) is 105 Å². The number of aryl methyl sites for hydroxylation is 1. The number of carbonyl (C=O) groups is 1. The second kappa shape index (κ2) is 9.17. The van der Waals surface area contributed by atoms with Gasteiger partial charge < -0.3 is 23.4 Å². The SMILES string of the molecule is COc1cc(OC)c(Cc2ccc(C(=O)Nc3nc(C)cc(OC)n3)o2)c(OC)c1. The van der Waals surface area contributed by atoms with Crippen LogP contribution in [-0.4, -0.2) is 44.3 Å². The van der Waals surface area contributed by atoms with Crippen LogP contribution in [0.1, 0.15) is 27.6 Å². The molecule has 0 aliphatic rings. The Labute approximate surface area is 173 Å². The summed E-state index contributed by atoms with van der Waals surface area (Å²) in [6.45, 7) is 1.78. The van der Waals surface area contributed by atoms with Crippen molar-refractivity contribution in [3.05, 3.63) is 53.1 Å². The summed E-state index contributed by atoms with van der Waals surface area (Å²) in [4.78, 5) is 20.8. The summed E-state index contributed by atoms with van der Waals surface area (Å²) < 4.78 is 27.0. The van der Waals surface area contributed by atoms with E-state index in [2.05, 4.69) is 15.3 Å². The molecule has 9 nitrogen and oxygen atoms in total. The third kappa shape index (κ3) is 4.62. The van der Waals surface area contributed by atoms with Gasteiger partial charge in [0.2, 0.25) is 11.8 Å². The van der Waals surface area contributed by atoms with Crippen LogP contribution < -0.4 is 24.3 Å². The molecular weight excluding hydrogens is 390 g/mol. The van der Waals surface area contributed by atoms with Crippen molar-refractivity contribution in [2.45, 2.75) is 13.3 Å². The molecule has 158 valence electrons. The van der Waals surface area contributed by atoms with Gasteiger partial charge in [0.05, 0.1) is 28.4 Å². The molecule has 1 N–H and O–H groups in total. The number of benzene rings is 1. The maximum atomic E-state index is 12.5. The summed E-state index contributed by atoms with van der Waals surface area (Å²) in [5.41, 5.74) is 1.44. The van der Waals surface area contributed by atoms with E-state index in [1.165, 1.54) is 7.11 Å². The number of carbonyl (C=O) groups excluding carboxylic acids is 1. The number of rotatable bonds is 8. The molecule has 2 aromatic heterocycles. The van der Waals surface area contributed by atoms with Crippen LogP contribution in [0.25, 0.3) is 0 Å². The first-order valence-corrected chi connectivity index (χ1v) is 9.06. The van der Waals surface area contributed by atoms with Crippen molar-refractivity contribution < 1.29 is 28.2 Å². The quantitative estimate of drug-likeness (QED) is 0.600. The minimum Gasteiger partial charge on any atom is -0.496 e. The predicted octanol–water partition coefficient (Wildman–Crippen LogP) is 3.26. The molecular formula is C21H23N3O6. The number of hydrogen-bond donors (Lipinski definition) is 1. The van der Waals surface area contributed by atoms with Gasteiger partial charge in [-0.25, -0.2) is 4.98 Å². The molecule has 0 aliphatic heterocycles. The minimum absolute atomic E-state index is 0.125. The van der Waals surface area contributed by atoms with Crippen LogP contribution in [-0.2, 0) is 6.42 Å². The van der Waals surface area contributed by atoms with Crippen LogP contribution in [0.3, 0.4) is 0 Å². The standard InChI is InChI=1S/C21H23N3O6/c1-12-8-19(29-5)23-21(22-12)24-20(25)16-7-6-13(30-16)9-15-17(27-3)10-14(26-2)11-18(15)28-4/h6-8,10-11H,9H2,1-5H3,(H,22,23,24,25). The number of ether oxygens (including phenoxy) is 4. The third-order valence-electron chi connectivity index (χ3n) is 4.32. The molecule has 2 heterocycles. The van der Waals surface area contributed by atoms with Gasteiger partial charge in [-0.15, -0.1) is 0 Å². The third-order valence-corrected chi connectivity index (χ3v) is 4.32. The highest BCUT2D eigenvalue weighted by molar-refractivity contribution is 6.01. The number of methoxy groups -OCH3 is 4. The maximum Gasteiger partial charge on any atom is 0.293 e. The fourth-order valence-electron chi connectivity index (χ4n) is 2.88. The number of anilines is 1. The first kappa shape index (κ1) is 21.0. The summed E-state index contributed by atoms with van der Waals surface area (Å²) in [6, 6.07) is 8.49. The lowest BCUT2D eigenvalue weighted by Gasteiger charge is -2.14. The summed E-state index contributed by atoms with van der Waals surface area (Å²) in [7, 11) is 6.19. The number of furan rings is 1. The van der Waals surface area contributed by atoms with Gasteiger partial charge in [-0.3, -0.25) is 10.1 Å². The van der Waals surface area contributed by atoms with E-state index < -0.39 is 5.91 Å². The van der Waals surface area contributed by atoms with Crippen LogP contribution >= 0.6 is 0 Å². The van der Waals surface area contributed by atoms with Crippen molar-refractivity contribution in [3.63, 3.8) is 0 Å². The van der Waals surface area contributed by atoms with E-state index in [4.69, 9.17) is 23.4 Å². The first-order chi connectivity index (χ1) is 14.5. The van der Waals surface area contributed by atoms with Gasteiger partial charge >= 0.3 is 0 Å². The van der Waals surface area contributed by atoms with Gasteiger partial charge in [0.25, 0.3) is 5.91 Å². The highest BCUT2D eigenvalue weighted by Crippen LogP contribution is 2.35. The summed E-state index contributed by atoms with van der Waals surface area (Å²) in [6.07, 6.45) is 0.360. The zero-order valence-corrected chi connectivity index (χ0v) is 17.4. The molecule has 0 fully saturated rings. The van der Waals surface area contributed by atoms with E-state index in [9.17, 15) is 4.79 Å². The van der Waals surface area contributed by atoms with E-state index in [1.807, 2.05) is 0 Å². The molecule has 3 rings (SSSR count). The van der Waals surface area contributed by atoms with Crippen molar-refractivity contribution in [1.82, 2.24) is 9.97 Å². The second-order valence-electron chi connectivity index (χ2n) is 6.28. The molecule has 3 aromatic rings. The van der Waals surface area contributed by atoms with Crippen LogP contribution in [0.15, 0.2) is 34.7 Å². The van der Waals surface area contributed by atoms with Crippen molar-refractivity contribution in [2.75, 3.05) is 33.8 Å². The summed E-state index contributed by atoms with van der Waals surface area (Å²) in [5, 5.41) is 2.61. The Hall–Kier alpha value is -3.75. The highest BCUT2D eigenvalue weighted by atomic mass is 16.5. The summed E-state index contributed by atoms with van der Waals surface area (Å²) >= 11 is 0. The predicted molar refractivity (Wildman–Crippen MR) is 109 cm³/mol. The molecule has 0 unspecified atom stereocenters. The van der Waals surface area contributed by atoms with Gasteiger partial charge in [-0.1, -0.05) is 0 Å². The van der Waals surface area contributed by atoms with Crippen LogP contribution in [0.5, 0.6) is 23.1 Å². The van der Waals surface area contributed by atoms with Crippen LogP contribution in [0, 0.1) is 6.92 Å². The second-order valence-corrected chi connectivity index (χ2v) is 6.28. The van der Waals surface area contributed by atoms with Gasteiger partial charge in [-0.2, -0.15) is 4.98 Å². The molecule has 9 heteroatoms. The largest absolute Gasteiger partial charge is 0.496 e. The number of hydrogen-bond acceptors (Lipinski definition) is 8. The Morgan fingerprint density at radius 3 is 2.27 bits per heavy atom. The Bertz CT molecular complexity index is 1020. The van der Waals surface area contributed by atoms with Crippen molar-refractivity contribution in [1.29, 1.82) is 0 Å². The number of amides is 1. The summed E-state index contributed by atoms with van der Waals surface area (Å²) in [5.74, 6) is 2.50. The lowest BCUT2D eigenvalue weighted by Crippen LogP contribution is -2.14. The van der Waals surface area contributed by atoms with Gasteiger partial charge in [0.15, 0.2) is 5.76 Å². The first-order valence-electron chi connectivity index (χ1n) is 9.06. The Balaban J connectivity index is 1.80. The molecule has 1 amide bonds. The van der Waals surface area contributed by atoms with E-state index in [0.29, 0.717) is 41.0 Å². The molecule has 1 aromatic carbocycles. The van der Waals surface area contributed by atoms with E-state index in [-0.39, 0.29) is 11.7 Å². The van der Waals surface area contributed by atoms with Crippen molar-refractivity contribution in [3.8, 4) is 23.1 Å². The molecule has 0 atom stereocenters. The maximum absolute atomic E-state index is 12.5. The molecule has 30 heavy (non-hydrogen) atoms. The van der Waals surface area contributed by atoms with Crippen molar-refractivity contribution >= 4 is 11.9 Å².